The number of anilines is 1. The Morgan fingerprint density at radius 2 is 1.57 bits per heavy atom. The molecule has 2 amide bonds. The standard InChI is InChI=1S/C30H33Cl2N3O4S/c1-40(38,39)35(26-14-6-3-7-15-26)21-29(36)34(20-23-16-17-24(31)19-27(23)32)28(18-22-10-4-2-5-11-22)30(37)33-25-12-8-9-13-25/h2-7,10-11,14-17,19,25,28H,8-9,12-13,18,20-21H2,1H3,(H,33,37)/t28-/m0/s1. The first kappa shape index (κ1) is 29.9. The minimum absolute atomic E-state index is 0.00316. The second-order valence-electron chi connectivity index (χ2n) is 10.1. The molecule has 3 aromatic rings. The van der Waals surface area contributed by atoms with Gasteiger partial charge in [0.05, 0.1) is 11.9 Å². The summed E-state index contributed by atoms with van der Waals surface area (Å²) in [5.41, 5.74) is 1.83. The number of nitrogens with one attached hydrogen (secondary N) is 1. The van der Waals surface area contributed by atoms with Crippen LogP contribution in [0.2, 0.25) is 10.0 Å². The summed E-state index contributed by atoms with van der Waals surface area (Å²) in [7, 11) is -3.81. The van der Waals surface area contributed by atoms with Gasteiger partial charge in [-0.2, -0.15) is 0 Å². The molecule has 1 aliphatic carbocycles. The van der Waals surface area contributed by atoms with Crippen LogP contribution < -0.4 is 9.62 Å². The van der Waals surface area contributed by atoms with Gasteiger partial charge >= 0.3 is 0 Å². The molecule has 0 spiro atoms. The van der Waals surface area contributed by atoms with E-state index in [1.54, 1.807) is 48.5 Å². The normalized spacial score (nSPS) is 14.5. The molecule has 7 nitrogen and oxygen atoms in total. The van der Waals surface area contributed by atoms with Crippen LogP contribution in [0.15, 0.2) is 78.9 Å². The van der Waals surface area contributed by atoms with Crippen LogP contribution in [0.5, 0.6) is 0 Å². The topological polar surface area (TPSA) is 86.8 Å². The van der Waals surface area contributed by atoms with Gasteiger partial charge in [-0.25, -0.2) is 8.42 Å². The summed E-state index contributed by atoms with van der Waals surface area (Å²) in [6.07, 6.45) is 5.16. The highest BCUT2D eigenvalue weighted by Crippen LogP contribution is 2.26. The third-order valence-electron chi connectivity index (χ3n) is 7.05. The van der Waals surface area contributed by atoms with Gasteiger partial charge in [0.2, 0.25) is 21.8 Å². The number of benzene rings is 3. The Morgan fingerprint density at radius 1 is 0.950 bits per heavy atom. The number of hydrogen-bond donors (Lipinski definition) is 1. The lowest BCUT2D eigenvalue weighted by Gasteiger charge is -2.34. The number of carbonyl (C=O) groups is 2. The molecule has 3 aromatic carbocycles. The van der Waals surface area contributed by atoms with Gasteiger partial charge in [-0.15, -0.1) is 0 Å². The molecule has 1 saturated carbocycles. The zero-order valence-corrected chi connectivity index (χ0v) is 24.6. The lowest BCUT2D eigenvalue weighted by atomic mass is 10.0. The monoisotopic (exact) mass is 601 g/mol. The van der Waals surface area contributed by atoms with Gasteiger partial charge in [0, 0.05) is 29.1 Å². The molecule has 1 atom stereocenters. The lowest BCUT2D eigenvalue weighted by Crippen LogP contribution is -2.54. The Bertz CT molecular complexity index is 1420. The van der Waals surface area contributed by atoms with Gasteiger partial charge in [-0.3, -0.25) is 13.9 Å². The number of hydrogen-bond acceptors (Lipinski definition) is 4. The number of halogens is 2. The predicted molar refractivity (Wildman–Crippen MR) is 160 cm³/mol. The van der Waals surface area contributed by atoms with Crippen LogP contribution in [0.25, 0.3) is 0 Å². The second kappa shape index (κ2) is 13.5. The van der Waals surface area contributed by atoms with E-state index >= 15 is 0 Å². The highest BCUT2D eigenvalue weighted by molar-refractivity contribution is 7.92. The summed E-state index contributed by atoms with van der Waals surface area (Å²) >= 11 is 12.6. The molecule has 10 heteroatoms. The van der Waals surface area contributed by atoms with E-state index in [-0.39, 0.29) is 24.9 Å². The lowest BCUT2D eigenvalue weighted by molar-refractivity contribution is -0.140. The van der Waals surface area contributed by atoms with Gasteiger partial charge in [0.25, 0.3) is 0 Å². The molecule has 0 saturated heterocycles. The van der Waals surface area contributed by atoms with E-state index in [0.29, 0.717) is 21.3 Å². The van der Waals surface area contributed by atoms with Crippen molar-refractivity contribution < 1.29 is 18.0 Å². The number of para-hydroxylation sites is 1. The third kappa shape index (κ3) is 7.99. The van der Waals surface area contributed by atoms with Crippen molar-refractivity contribution in [2.24, 2.45) is 0 Å². The quantitative estimate of drug-likeness (QED) is 0.316. The molecule has 1 aliphatic rings. The molecule has 40 heavy (non-hydrogen) atoms. The van der Waals surface area contributed by atoms with Crippen molar-refractivity contribution in [3.8, 4) is 0 Å². The molecule has 0 aromatic heterocycles. The van der Waals surface area contributed by atoms with Crippen molar-refractivity contribution in [2.75, 3.05) is 17.1 Å². The molecule has 212 valence electrons. The Kier molecular flexibility index (Phi) is 10.1. The highest BCUT2D eigenvalue weighted by Gasteiger charge is 2.34. The van der Waals surface area contributed by atoms with E-state index < -0.39 is 28.5 Å². The van der Waals surface area contributed by atoms with Crippen molar-refractivity contribution in [1.29, 1.82) is 0 Å². The Labute approximate surface area is 246 Å². The van der Waals surface area contributed by atoms with Crippen LogP contribution in [-0.2, 0) is 32.6 Å². The molecule has 1 N–H and O–H groups in total. The summed E-state index contributed by atoms with van der Waals surface area (Å²) in [6, 6.07) is 22.0. The molecular weight excluding hydrogens is 569 g/mol. The second-order valence-corrected chi connectivity index (χ2v) is 12.8. The largest absolute Gasteiger partial charge is 0.352 e. The van der Waals surface area contributed by atoms with E-state index in [9.17, 15) is 18.0 Å². The predicted octanol–water partition coefficient (Wildman–Crippen LogP) is 5.46. The smallest absolute Gasteiger partial charge is 0.244 e. The zero-order chi connectivity index (χ0) is 28.7. The maximum absolute atomic E-state index is 14.1. The van der Waals surface area contributed by atoms with Gasteiger partial charge in [-0.1, -0.05) is 90.6 Å². The maximum atomic E-state index is 14.1. The minimum Gasteiger partial charge on any atom is -0.352 e. The SMILES string of the molecule is CS(=O)(=O)N(CC(=O)N(Cc1ccc(Cl)cc1Cl)[C@@H](Cc1ccccc1)C(=O)NC1CCCC1)c1ccccc1. The van der Waals surface area contributed by atoms with E-state index in [1.807, 2.05) is 30.3 Å². The van der Waals surface area contributed by atoms with Crippen molar-refractivity contribution in [3.05, 3.63) is 100 Å². The number of nitrogens with zero attached hydrogens (tertiary/aromatic N) is 2. The number of sulfonamides is 1. The molecule has 0 bridgehead atoms. The van der Waals surface area contributed by atoms with E-state index in [4.69, 9.17) is 23.2 Å². The summed E-state index contributed by atoms with van der Waals surface area (Å²) < 4.78 is 26.7. The van der Waals surface area contributed by atoms with Crippen LogP contribution in [0, 0.1) is 0 Å². The van der Waals surface area contributed by atoms with Crippen molar-refractivity contribution >= 4 is 50.7 Å². The maximum Gasteiger partial charge on any atom is 0.244 e. The van der Waals surface area contributed by atoms with Crippen LogP contribution in [-0.4, -0.2) is 50.0 Å². The van der Waals surface area contributed by atoms with E-state index in [1.165, 1.54) is 4.90 Å². The number of amides is 2. The number of carbonyl (C=O) groups excluding carboxylic acids is 2. The van der Waals surface area contributed by atoms with E-state index in [2.05, 4.69) is 5.32 Å². The fraction of sp³-hybridized carbons (Fsp3) is 0.333. The fourth-order valence-corrected chi connectivity index (χ4v) is 6.28. The fourth-order valence-electron chi connectivity index (χ4n) is 4.96. The van der Waals surface area contributed by atoms with Crippen molar-refractivity contribution in [1.82, 2.24) is 10.2 Å². The summed E-state index contributed by atoms with van der Waals surface area (Å²) in [6.45, 7) is -0.479. The minimum atomic E-state index is -3.81. The van der Waals surface area contributed by atoms with Crippen molar-refractivity contribution in [3.63, 3.8) is 0 Å². The average molecular weight is 603 g/mol. The Balaban J connectivity index is 1.73. The van der Waals surface area contributed by atoms with Gasteiger partial charge in [0.15, 0.2) is 0 Å². The van der Waals surface area contributed by atoms with Crippen LogP contribution >= 0.6 is 23.2 Å². The molecule has 0 aliphatic heterocycles. The van der Waals surface area contributed by atoms with Crippen LogP contribution in [0.4, 0.5) is 5.69 Å². The van der Waals surface area contributed by atoms with Crippen LogP contribution in [0.1, 0.15) is 36.8 Å². The first-order chi connectivity index (χ1) is 19.1. The summed E-state index contributed by atoms with van der Waals surface area (Å²) in [4.78, 5) is 29.4. The third-order valence-corrected chi connectivity index (χ3v) is 8.78. The molecule has 0 radical (unpaired) electrons. The summed E-state index contributed by atoms with van der Waals surface area (Å²) in [5.74, 6) is -0.803. The zero-order valence-electron chi connectivity index (χ0n) is 22.3. The molecule has 4 rings (SSSR count). The molecular formula is C30H33Cl2N3O4S. The number of rotatable bonds is 11. The summed E-state index contributed by atoms with van der Waals surface area (Å²) in [5, 5.41) is 3.93. The first-order valence-electron chi connectivity index (χ1n) is 13.2. The Hall–Kier alpha value is -3.07. The highest BCUT2D eigenvalue weighted by atomic mass is 35.5. The Morgan fingerprint density at radius 3 is 2.17 bits per heavy atom. The first-order valence-corrected chi connectivity index (χ1v) is 15.8. The van der Waals surface area contributed by atoms with Crippen molar-refractivity contribution in [2.45, 2.75) is 50.7 Å². The molecule has 1 fully saturated rings. The van der Waals surface area contributed by atoms with E-state index in [0.717, 1.165) is 41.8 Å². The van der Waals surface area contributed by atoms with Gasteiger partial charge in [0.1, 0.15) is 12.6 Å². The average Bonchev–Trinajstić information content (AvgIpc) is 3.43. The molecule has 0 unspecified atom stereocenters. The van der Waals surface area contributed by atoms with Gasteiger partial charge in [-0.05, 0) is 48.2 Å². The van der Waals surface area contributed by atoms with Crippen LogP contribution in [0.3, 0.4) is 0 Å². The molecule has 0 heterocycles. The van der Waals surface area contributed by atoms with Gasteiger partial charge < -0.3 is 10.2 Å².